The number of rotatable bonds is 5. The molecule has 0 fully saturated rings. The van der Waals surface area contributed by atoms with Gasteiger partial charge in [0.05, 0.1) is 0 Å². The molecule has 0 spiro atoms. The Labute approximate surface area is 109 Å². The van der Waals surface area contributed by atoms with Crippen LogP contribution in [0, 0.1) is 0 Å². The molecule has 1 unspecified atom stereocenters. The third-order valence-electron chi connectivity index (χ3n) is 2.45. The fraction of sp³-hybridized carbons (Fsp3) is 0.312. The predicted molar refractivity (Wildman–Crippen MR) is 79.5 cm³/mol. The highest BCUT2D eigenvalue weighted by molar-refractivity contribution is 7.13. The van der Waals surface area contributed by atoms with Crippen LogP contribution in [0.4, 0.5) is 0 Å². The summed E-state index contributed by atoms with van der Waals surface area (Å²) in [5.41, 5.74) is 3.13. The lowest BCUT2D eigenvalue weighted by atomic mass is 10.1. The van der Waals surface area contributed by atoms with Crippen molar-refractivity contribution in [2.75, 3.05) is 0 Å². The Kier molecular flexibility index (Phi) is 6.39. The molecule has 0 saturated carbocycles. The van der Waals surface area contributed by atoms with Crippen molar-refractivity contribution in [2.45, 2.75) is 33.1 Å². The van der Waals surface area contributed by atoms with Gasteiger partial charge in [-0.1, -0.05) is 25.2 Å². The van der Waals surface area contributed by atoms with Crippen LogP contribution in [-0.2, 0) is 0 Å². The van der Waals surface area contributed by atoms with Crippen molar-refractivity contribution >= 4 is 17.4 Å². The van der Waals surface area contributed by atoms with E-state index in [0.717, 1.165) is 6.42 Å². The van der Waals surface area contributed by atoms with Crippen LogP contribution in [0.15, 0.2) is 48.2 Å². The maximum Gasteiger partial charge on any atom is 0.0273 e. The number of allylic oxidation sites excluding steroid dienone is 4. The molecule has 17 heavy (non-hydrogen) atoms. The van der Waals surface area contributed by atoms with E-state index in [2.05, 4.69) is 49.1 Å². The summed E-state index contributed by atoms with van der Waals surface area (Å²) in [5, 5.41) is 0. The summed E-state index contributed by atoms with van der Waals surface area (Å²) in [4.78, 5) is 2.76. The average molecular weight is 244 g/mol. The van der Waals surface area contributed by atoms with Gasteiger partial charge in [-0.3, -0.25) is 0 Å². The van der Waals surface area contributed by atoms with Crippen molar-refractivity contribution in [3.8, 4) is 0 Å². The van der Waals surface area contributed by atoms with Gasteiger partial charge in [-0.05, 0) is 56.5 Å². The quantitative estimate of drug-likeness (QED) is 0.469. The third kappa shape index (κ3) is 5.04. The number of hydrogen-bond acceptors (Lipinski definition) is 1. The Hall–Kier alpha value is -1.30. The van der Waals surface area contributed by atoms with Gasteiger partial charge in [0.1, 0.15) is 0 Å². The molecule has 0 aliphatic carbocycles. The molecule has 1 rings (SSSR count). The topological polar surface area (TPSA) is 0 Å². The second-order valence-electron chi connectivity index (χ2n) is 3.92. The van der Waals surface area contributed by atoms with Crippen LogP contribution < -0.4 is 0 Å². The Morgan fingerprint density at radius 3 is 2.82 bits per heavy atom. The van der Waals surface area contributed by atoms with Gasteiger partial charge in [-0.2, -0.15) is 0 Å². The van der Waals surface area contributed by atoms with Crippen molar-refractivity contribution in [1.29, 1.82) is 0 Å². The average Bonchev–Trinajstić information content (AvgIpc) is 2.78. The molecular weight excluding hydrogens is 224 g/mol. The van der Waals surface area contributed by atoms with Crippen LogP contribution >= 0.6 is 11.3 Å². The van der Waals surface area contributed by atoms with Crippen LogP contribution in [0.1, 0.15) is 42.9 Å². The maximum absolute atomic E-state index is 3.13. The number of thiophene rings is 1. The molecule has 0 aromatic carbocycles. The molecular formula is C16H20S. The zero-order chi connectivity index (χ0) is 12.5. The Morgan fingerprint density at radius 1 is 1.29 bits per heavy atom. The van der Waals surface area contributed by atoms with Crippen molar-refractivity contribution in [3.05, 3.63) is 58.0 Å². The summed E-state index contributed by atoms with van der Waals surface area (Å²) >= 11 is 1.87. The summed E-state index contributed by atoms with van der Waals surface area (Å²) in [7, 11) is 0. The van der Waals surface area contributed by atoms with E-state index in [4.69, 9.17) is 0 Å². The molecule has 0 bridgehead atoms. The molecule has 1 atom stereocenters. The molecule has 1 heterocycles. The minimum absolute atomic E-state index is 0.580. The van der Waals surface area contributed by atoms with Crippen LogP contribution in [0.3, 0.4) is 0 Å². The summed E-state index contributed by atoms with van der Waals surface area (Å²) in [6.45, 7) is 6.29. The summed E-state index contributed by atoms with van der Waals surface area (Å²) < 4.78 is 0. The van der Waals surface area contributed by atoms with Crippen molar-refractivity contribution < 1.29 is 0 Å². The first kappa shape index (κ1) is 13.8. The molecule has 0 N–H and O–H groups in total. The van der Waals surface area contributed by atoms with Crippen LogP contribution in [0.25, 0.3) is 6.08 Å². The highest BCUT2D eigenvalue weighted by atomic mass is 32.1. The summed E-state index contributed by atoms with van der Waals surface area (Å²) in [6, 6.07) is 4.42. The normalized spacial score (nSPS) is 12.9. The molecule has 0 saturated heterocycles. The van der Waals surface area contributed by atoms with E-state index in [1.807, 2.05) is 37.3 Å². The van der Waals surface area contributed by atoms with Gasteiger partial charge < -0.3 is 0 Å². The van der Waals surface area contributed by atoms with Crippen molar-refractivity contribution in [2.24, 2.45) is 0 Å². The molecule has 0 aliphatic rings. The van der Waals surface area contributed by atoms with Crippen LogP contribution in [0.5, 0.6) is 0 Å². The second kappa shape index (κ2) is 7.89. The van der Waals surface area contributed by atoms with E-state index >= 15 is 0 Å². The second-order valence-corrected chi connectivity index (χ2v) is 5.07. The van der Waals surface area contributed by atoms with Gasteiger partial charge in [-0.15, -0.1) is 17.1 Å². The monoisotopic (exact) mass is 244 g/mol. The molecule has 0 amide bonds. The van der Waals surface area contributed by atoms with Crippen LogP contribution in [-0.4, -0.2) is 0 Å². The summed E-state index contributed by atoms with van der Waals surface area (Å²) in [6.07, 6.45) is 13.4. The molecule has 90 valence electrons. The van der Waals surface area contributed by atoms with Gasteiger partial charge in [0.2, 0.25) is 0 Å². The first-order chi connectivity index (χ1) is 8.27. The van der Waals surface area contributed by atoms with E-state index < -0.39 is 0 Å². The number of hydrogen-bond donors (Lipinski definition) is 0. The highest BCUT2D eigenvalue weighted by Gasteiger charge is 2.05. The lowest BCUT2D eigenvalue weighted by molar-refractivity contribution is 0.799. The first-order valence-electron chi connectivity index (χ1n) is 6.02. The Balaban J connectivity index is 2.63. The molecule has 0 nitrogen and oxygen atoms in total. The SMILES string of the molecule is CC=C=CCC(C)c1ccc(/C=C\C=C/C)s1. The Bertz CT molecular complexity index is 440. The molecule has 0 aliphatic heterocycles. The van der Waals surface area contributed by atoms with Gasteiger partial charge in [0.25, 0.3) is 0 Å². The van der Waals surface area contributed by atoms with E-state index in [1.165, 1.54) is 9.75 Å². The lowest BCUT2D eigenvalue weighted by Gasteiger charge is -2.03. The van der Waals surface area contributed by atoms with Gasteiger partial charge >= 0.3 is 0 Å². The summed E-state index contributed by atoms with van der Waals surface area (Å²) in [5.74, 6) is 0.580. The predicted octanol–water partition coefficient (Wildman–Crippen LogP) is 5.56. The van der Waals surface area contributed by atoms with Crippen LogP contribution in [0.2, 0.25) is 0 Å². The first-order valence-corrected chi connectivity index (χ1v) is 6.84. The van der Waals surface area contributed by atoms with Gasteiger partial charge in [0, 0.05) is 9.75 Å². The lowest BCUT2D eigenvalue weighted by Crippen LogP contribution is -1.85. The van der Waals surface area contributed by atoms with Crippen molar-refractivity contribution in [1.82, 2.24) is 0 Å². The molecule has 0 radical (unpaired) electrons. The zero-order valence-corrected chi connectivity index (χ0v) is 11.6. The largest absolute Gasteiger partial charge is 0.141 e. The minimum atomic E-state index is 0.580. The fourth-order valence-corrected chi connectivity index (χ4v) is 2.45. The van der Waals surface area contributed by atoms with Crippen molar-refractivity contribution in [3.63, 3.8) is 0 Å². The third-order valence-corrected chi connectivity index (χ3v) is 3.74. The maximum atomic E-state index is 3.13. The van der Waals surface area contributed by atoms with Gasteiger partial charge in [-0.25, -0.2) is 0 Å². The highest BCUT2D eigenvalue weighted by Crippen LogP contribution is 2.28. The molecule has 1 aromatic rings. The Morgan fingerprint density at radius 2 is 2.12 bits per heavy atom. The van der Waals surface area contributed by atoms with E-state index in [9.17, 15) is 0 Å². The standard InChI is InChI=1S/C16H20S/c1-4-6-8-10-14(3)16-13-12-15(17-16)11-9-7-5-2/h4-5,7-9,11-14H,10H2,1-3H3/b7-5-,11-9-. The smallest absolute Gasteiger partial charge is 0.0273 e. The van der Waals surface area contributed by atoms with E-state index in [-0.39, 0.29) is 0 Å². The molecule has 1 aromatic heterocycles. The van der Waals surface area contributed by atoms with E-state index in [1.54, 1.807) is 0 Å². The van der Waals surface area contributed by atoms with E-state index in [0.29, 0.717) is 5.92 Å². The zero-order valence-electron chi connectivity index (χ0n) is 10.8. The van der Waals surface area contributed by atoms with Gasteiger partial charge in [0.15, 0.2) is 0 Å². The molecule has 1 heteroatoms. The fourth-order valence-electron chi connectivity index (χ4n) is 1.46. The minimum Gasteiger partial charge on any atom is -0.141 e.